The number of nitrogens with one attached hydrogen (secondary N) is 2. The number of furan rings is 1. The second kappa shape index (κ2) is 5.96. The molecule has 2 N–H and O–H groups in total. The Morgan fingerprint density at radius 2 is 2.45 bits per heavy atom. The van der Waals surface area contributed by atoms with Gasteiger partial charge in [0.05, 0.1) is 12.0 Å². The summed E-state index contributed by atoms with van der Waals surface area (Å²) < 4.78 is 5.18. The normalized spacial score (nSPS) is 14.8. The molecule has 2 aromatic rings. The van der Waals surface area contributed by atoms with Gasteiger partial charge in [-0.15, -0.1) is 5.10 Å². The molecule has 0 spiro atoms. The van der Waals surface area contributed by atoms with Crippen molar-refractivity contribution in [1.29, 1.82) is 0 Å². The number of amides is 1. The molecule has 0 unspecified atom stereocenters. The molecule has 1 amide bonds. The zero-order valence-electron chi connectivity index (χ0n) is 10.7. The van der Waals surface area contributed by atoms with Crippen LogP contribution in [0.2, 0.25) is 0 Å². The predicted octanol–water partition coefficient (Wildman–Crippen LogP) is 1.94. The maximum Gasteiger partial charge on any atom is 0.230 e. The molecule has 0 atom stereocenters. The van der Waals surface area contributed by atoms with E-state index in [1.54, 1.807) is 18.4 Å². The lowest BCUT2D eigenvalue weighted by molar-refractivity contribution is -0.118. The minimum Gasteiger partial charge on any atom is -0.465 e. The number of aromatic nitrogens is 3. The van der Waals surface area contributed by atoms with E-state index < -0.39 is 0 Å². The number of hydrogen-bond donors (Lipinski definition) is 2. The van der Waals surface area contributed by atoms with Crippen molar-refractivity contribution in [2.45, 2.75) is 24.0 Å². The van der Waals surface area contributed by atoms with Gasteiger partial charge in [-0.2, -0.15) is 0 Å². The third-order valence-corrected chi connectivity index (χ3v) is 3.55. The molecule has 0 radical (unpaired) electrons. The topological polar surface area (TPSA) is 83.8 Å². The quantitative estimate of drug-likeness (QED) is 0.794. The summed E-state index contributed by atoms with van der Waals surface area (Å²) >= 11 is 1.32. The Morgan fingerprint density at radius 1 is 1.55 bits per heavy atom. The lowest BCUT2D eigenvalue weighted by atomic mass is 10.4. The minimum absolute atomic E-state index is 0.0370. The molecular formula is C13H14N4O2S. The van der Waals surface area contributed by atoms with E-state index in [0.29, 0.717) is 22.8 Å². The Kier molecular flexibility index (Phi) is 3.87. The Hall–Kier alpha value is -2.02. The van der Waals surface area contributed by atoms with Crippen LogP contribution in [0, 0.1) is 0 Å². The van der Waals surface area contributed by atoms with E-state index in [0.717, 1.165) is 18.6 Å². The fourth-order valence-corrected chi connectivity index (χ4v) is 2.19. The van der Waals surface area contributed by atoms with Crippen LogP contribution in [0.5, 0.6) is 0 Å². The monoisotopic (exact) mass is 290 g/mol. The van der Waals surface area contributed by atoms with E-state index in [4.69, 9.17) is 4.42 Å². The van der Waals surface area contributed by atoms with Gasteiger partial charge in [0.1, 0.15) is 11.6 Å². The van der Waals surface area contributed by atoms with Crippen molar-refractivity contribution in [2.24, 2.45) is 0 Å². The molecule has 6 nitrogen and oxygen atoms in total. The van der Waals surface area contributed by atoms with Gasteiger partial charge < -0.3 is 9.73 Å². The molecule has 0 aromatic carbocycles. The minimum atomic E-state index is 0.0370. The number of nitrogens with zero attached hydrogens (tertiary/aromatic N) is 2. The van der Waals surface area contributed by atoms with E-state index in [-0.39, 0.29) is 5.91 Å². The summed E-state index contributed by atoms with van der Waals surface area (Å²) in [6.45, 7) is 0. The Bertz CT molecular complexity index is 602. The molecule has 104 valence electrons. The highest BCUT2D eigenvalue weighted by molar-refractivity contribution is 7.99. The number of carbonyl (C=O) groups excluding carboxylic acids is 1. The van der Waals surface area contributed by atoms with Crippen molar-refractivity contribution in [3.05, 3.63) is 30.0 Å². The molecule has 0 saturated heterocycles. The summed E-state index contributed by atoms with van der Waals surface area (Å²) in [6.07, 6.45) is 7.38. The summed E-state index contributed by atoms with van der Waals surface area (Å²) in [4.78, 5) is 15.8. The van der Waals surface area contributed by atoms with Crippen molar-refractivity contribution in [3.8, 4) is 0 Å². The fraction of sp³-hybridized carbons (Fsp3) is 0.308. The van der Waals surface area contributed by atoms with Gasteiger partial charge in [0.25, 0.3) is 0 Å². The molecule has 2 aromatic heterocycles. The van der Waals surface area contributed by atoms with E-state index in [1.165, 1.54) is 11.8 Å². The highest BCUT2D eigenvalue weighted by atomic mass is 32.2. The van der Waals surface area contributed by atoms with Crippen molar-refractivity contribution >= 4 is 29.8 Å². The first kappa shape index (κ1) is 13.0. The highest BCUT2D eigenvalue weighted by Gasteiger charge is 2.23. The van der Waals surface area contributed by atoms with Crippen molar-refractivity contribution < 1.29 is 9.21 Å². The maximum absolute atomic E-state index is 11.5. The molecule has 2 heterocycles. The van der Waals surface area contributed by atoms with Gasteiger partial charge in [-0.25, -0.2) is 4.98 Å². The van der Waals surface area contributed by atoms with Crippen LogP contribution in [0.4, 0.5) is 0 Å². The van der Waals surface area contributed by atoms with Gasteiger partial charge >= 0.3 is 0 Å². The molecule has 3 rings (SSSR count). The van der Waals surface area contributed by atoms with Crippen LogP contribution in [0.1, 0.15) is 24.4 Å². The van der Waals surface area contributed by atoms with E-state index >= 15 is 0 Å². The first-order valence-corrected chi connectivity index (χ1v) is 7.34. The molecule has 1 aliphatic rings. The average molecular weight is 290 g/mol. The molecule has 1 aliphatic carbocycles. The summed E-state index contributed by atoms with van der Waals surface area (Å²) in [5, 5.41) is 10.3. The first-order valence-electron chi connectivity index (χ1n) is 6.36. The zero-order valence-corrected chi connectivity index (χ0v) is 11.5. The maximum atomic E-state index is 11.5. The Morgan fingerprint density at radius 3 is 3.20 bits per heavy atom. The predicted molar refractivity (Wildman–Crippen MR) is 75.9 cm³/mol. The summed E-state index contributed by atoms with van der Waals surface area (Å²) in [6, 6.07) is 4.06. The lowest BCUT2D eigenvalue weighted by Gasteiger charge is -1.99. The molecular weight excluding hydrogens is 276 g/mol. The third-order valence-electron chi connectivity index (χ3n) is 2.71. The lowest BCUT2D eigenvalue weighted by Crippen LogP contribution is -2.27. The van der Waals surface area contributed by atoms with Gasteiger partial charge in [0, 0.05) is 6.04 Å². The standard InChI is InChI=1S/C13H14N4O2S/c18-12(14-9-3-4-9)8-20-13-15-11(16-17-13)6-5-10-2-1-7-19-10/h1-2,5-7,9H,3-4,8H2,(H,14,18)(H,15,16,17). The molecule has 20 heavy (non-hydrogen) atoms. The van der Waals surface area contributed by atoms with Crippen LogP contribution in [0.3, 0.4) is 0 Å². The molecule has 1 saturated carbocycles. The van der Waals surface area contributed by atoms with Crippen molar-refractivity contribution in [3.63, 3.8) is 0 Å². The SMILES string of the molecule is O=C(CSc1n[nH]c(C=Cc2ccco2)n1)NC1CC1. The third kappa shape index (κ3) is 3.74. The number of carbonyl (C=O) groups is 1. The molecule has 7 heteroatoms. The highest BCUT2D eigenvalue weighted by Crippen LogP contribution is 2.19. The van der Waals surface area contributed by atoms with Gasteiger partial charge in [-0.05, 0) is 37.1 Å². The van der Waals surface area contributed by atoms with Gasteiger partial charge in [0.15, 0.2) is 0 Å². The number of H-pyrrole nitrogens is 1. The number of aromatic amines is 1. The summed E-state index contributed by atoms with van der Waals surface area (Å²) in [5.41, 5.74) is 0. The van der Waals surface area contributed by atoms with Crippen LogP contribution >= 0.6 is 11.8 Å². The van der Waals surface area contributed by atoms with Crippen LogP contribution < -0.4 is 5.32 Å². The van der Waals surface area contributed by atoms with Gasteiger partial charge in [-0.1, -0.05) is 11.8 Å². The second-order valence-corrected chi connectivity index (χ2v) is 5.42. The Balaban J connectivity index is 1.49. The summed E-state index contributed by atoms with van der Waals surface area (Å²) in [5.74, 6) is 1.76. The van der Waals surface area contributed by atoms with Crippen LogP contribution in [-0.2, 0) is 4.79 Å². The average Bonchev–Trinajstić information content (AvgIpc) is 2.96. The zero-order chi connectivity index (χ0) is 13.8. The van der Waals surface area contributed by atoms with Gasteiger partial charge in [-0.3, -0.25) is 9.89 Å². The van der Waals surface area contributed by atoms with Crippen LogP contribution in [0.25, 0.3) is 12.2 Å². The number of rotatable bonds is 6. The number of thioether (sulfide) groups is 1. The summed E-state index contributed by atoms with van der Waals surface area (Å²) in [7, 11) is 0. The van der Waals surface area contributed by atoms with Crippen molar-refractivity contribution in [1.82, 2.24) is 20.5 Å². The van der Waals surface area contributed by atoms with Crippen LogP contribution in [0.15, 0.2) is 28.0 Å². The Labute approximate surface area is 120 Å². The van der Waals surface area contributed by atoms with E-state index in [2.05, 4.69) is 20.5 Å². The smallest absolute Gasteiger partial charge is 0.230 e. The first-order chi connectivity index (χ1) is 9.79. The molecule has 1 fully saturated rings. The fourth-order valence-electron chi connectivity index (χ4n) is 1.57. The van der Waals surface area contributed by atoms with Crippen LogP contribution in [-0.4, -0.2) is 32.9 Å². The van der Waals surface area contributed by atoms with E-state index in [9.17, 15) is 4.79 Å². The van der Waals surface area contributed by atoms with Crippen molar-refractivity contribution in [2.75, 3.05) is 5.75 Å². The number of hydrogen-bond acceptors (Lipinski definition) is 5. The molecule has 0 aliphatic heterocycles. The largest absolute Gasteiger partial charge is 0.465 e. The van der Waals surface area contributed by atoms with Gasteiger partial charge in [0.2, 0.25) is 11.1 Å². The molecule has 0 bridgehead atoms. The second-order valence-electron chi connectivity index (χ2n) is 4.48. The van der Waals surface area contributed by atoms with E-state index in [1.807, 2.05) is 12.1 Å².